The molecule has 0 amide bonds. The first-order chi connectivity index (χ1) is 10.6. The van der Waals surface area contributed by atoms with Gasteiger partial charge in [-0.05, 0) is 58.9 Å². The van der Waals surface area contributed by atoms with E-state index in [9.17, 15) is 4.79 Å². The van der Waals surface area contributed by atoms with Crippen LogP contribution in [0.3, 0.4) is 0 Å². The van der Waals surface area contributed by atoms with Gasteiger partial charge in [-0.2, -0.15) is 0 Å². The van der Waals surface area contributed by atoms with E-state index in [-0.39, 0.29) is 17.9 Å². The monoisotopic (exact) mass is 352 g/mol. The summed E-state index contributed by atoms with van der Waals surface area (Å²) in [6.07, 6.45) is 0. The predicted octanol–water partition coefficient (Wildman–Crippen LogP) is 5.46. The van der Waals surface area contributed by atoms with Crippen LogP contribution < -0.4 is 5.32 Å². The number of nitrogens with zero attached hydrogens (tertiary/aromatic N) is 1. The van der Waals surface area contributed by atoms with Crippen molar-refractivity contribution in [1.29, 1.82) is 0 Å². The zero-order chi connectivity index (χ0) is 17.4. The molecule has 0 saturated heterocycles. The predicted molar refractivity (Wildman–Crippen MR) is 98.2 cm³/mol. The van der Waals surface area contributed by atoms with Gasteiger partial charge >= 0.3 is 0 Å². The molecule has 1 N–H and O–H groups in total. The van der Waals surface area contributed by atoms with Crippen molar-refractivity contribution in [1.82, 2.24) is 4.57 Å². The SMILES string of the molecule is Cc1cc(C(=O)CNc2cc(Cl)cc(Cl)c2)c(C)n1C(C)(C)C. The van der Waals surface area contributed by atoms with Gasteiger partial charge in [0.25, 0.3) is 0 Å². The molecule has 23 heavy (non-hydrogen) atoms. The van der Waals surface area contributed by atoms with Gasteiger partial charge in [-0.3, -0.25) is 4.79 Å². The summed E-state index contributed by atoms with van der Waals surface area (Å²) in [5, 5.41) is 4.17. The molecule has 0 saturated carbocycles. The Labute approximate surface area is 147 Å². The lowest BCUT2D eigenvalue weighted by Gasteiger charge is -2.25. The molecule has 0 unspecified atom stereocenters. The Balaban J connectivity index is 2.19. The average molecular weight is 353 g/mol. The zero-order valence-electron chi connectivity index (χ0n) is 14.1. The highest BCUT2D eigenvalue weighted by Gasteiger charge is 2.22. The second kappa shape index (κ2) is 6.58. The summed E-state index contributed by atoms with van der Waals surface area (Å²) in [4.78, 5) is 12.6. The number of hydrogen-bond acceptors (Lipinski definition) is 2. The van der Waals surface area contributed by atoms with E-state index in [0.29, 0.717) is 10.0 Å². The zero-order valence-corrected chi connectivity index (χ0v) is 15.6. The highest BCUT2D eigenvalue weighted by Crippen LogP contribution is 2.25. The highest BCUT2D eigenvalue weighted by molar-refractivity contribution is 6.35. The van der Waals surface area contributed by atoms with Crippen molar-refractivity contribution in [3.63, 3.8) is 0 Å². The fraction of sp³-hybridized carbons (Fsp3) is 0.389. The normalized spacial score (nSPS) is 11.6. The molecular formula is C18H22Cl2N2O. The Kier molecular flexibility index (Phi) is 5.12. The van der Waals surface area contributed by atoms with Crippen molar-refractivity contribution < 1.29 is 4.79 Å². The molecule has 0 fully saturated rings. The maximum Gasteiger partial charge on any atom is 0.183 e. The van der Waals surface area contributed by atoms with E-state index in [2.05, 4.69) is 30.7 Å². The quantitative estimate of drug-likeness (QED) is 0.741. The summed E-state index contributed by atoms with van der Waals surface area (Å²) < 4.78 is 2.19. The van der Waals surface area contributed by atoms with Crippen LogP contribution in [0, 0.1) is 13.8 Å². The van der Waals surface area contributed by atoms with E-state index >= 15 is 0 Å². The number of aromatic nitrogens is 1. The second-order valence-electron chi connectivity index (χ2n) is 6.73. The van der Waals surface area contributed by atoms with E-state index in [1.54, 1.807) is 18.2 Å². The first kappa shape index (κ1) is 17.9. The van der Waals surface area contributed by atoms with Crippen molar-refractivity contribution in [2.24, 2.45) is 0 Å². The second-order valence-corrected chi connectivity index (χ2v) is 7.60. The molecule has 2 rings (SSSR count). The molecule has 0 aliphatic rings. The van der Waals surface area contributed by atoms with Gasteiger partial charge in [0.05, 0.1) is 6.54 Å². The number of benzene rings is 1. The lowest BCUT2D eigenvalue weighted by atomic mass is 10.1. The van der Waals surface area contributed by atoms with E-state index in [0.717, 1.165) is 22.6 Å². The molecule has 0 radical (unpaired) electrons. The summed E-state index contributed by atoms with van der Waals surface area (Å²) in [5.74, 6) is 0.0460. The van der Waals surface area contributed by atoms with Gasteiger partial charge in [-0.15, -0.1) is 0 Å². The standard InChI is InChI=1S/C18H22Cl2N2O/c1-11-6-16(12(2)22(11)18(3,4)5)17(23)10-21-15-8-13(19)7-14(20)9-15/h6-9,21H,10H2,1-5H3. The van der Waals surface area contributed by atoms with Gasteiger partial charge in [0, 0.05) is 38.2 Å². The molecule has 0 aliphatic heterocycles. The van der Waals surface area contributed by atoms with Gasteiger partial charge in [0.15, 0.2) is 5.78 Å². The van der Waals surface area contributed by atoms with Crippen LogP contribution >= 0.6 is 23.2 Å². The lowest BCUT2D eigenvalue weighted by Crippen LogP contribution is -2.24. The summed E-state index contributed by atoms with van der Waals surface area (Å²) in [6, 6.07) is 7.11. The number of hydrogen-bond donors (Lipinski definition) is 1. The molecule has 0 bridgehead atoms. The molecule has 0 atom stereocenters. The lowest BCUT2D eigenvalue weighted by molar-refractivity contribution is 0.101. The van der Waals surface area contributed by atoms with Crippen molar-refractivity contribution in [2.45, 2.75) is 40.2 Å². The summed E-state index contributed by atoms with van der Waals surface area (Å²) in [5.41, 5.74) is 3.51. The van der Waals surface area contributed by atoms with Crippen LogP contribution in [0.2, 0.25) is 10.0 Å². The minimum atomic E-state index is -0.0550. The van der Waals surface area contributed by atoms with Gasteiger partial charge in [-0.1, -0.05) is 23.2 Å². The summed E-state index contributed by atoms with van der Waals surface area (Å²) in [7, 11) is 0. The van der Waals surface area contributed by atoms with Crippen LogP contribution in [0.1, 0.15) is 42.5 Å². The maximum atomic E-state index is 12.6. The summed E-state index contributed by atoms with van der Waals surface area (Å²) >= 11 is 11.9. The average Bonchev–Trinajstić information content (AvgIpc) is 2.70. The minimum Gasteiger partial charge on any atom is -0.377 e. The first-order valence-electron chi connectivity index (χ1n) is 7.52. The smallest absolute Gasteiger partial charge is 0.183 e. The van der Waals surface area contributed by atoms with Gasteiger partial charge in [0.2, 0.25) is 0 Å². The number of halogens is 2. The van der Waals surface area contributed by atoms with E-state index in [1.807, 2.05) is 19.9 Å². The molecule has 0 spiro atoms. The van der Waals surface area contributed by atoms with Crippen molar-refractivity contribution in [3.8, 4) is 0 Å². The molecular weight excluding hydrogens is 331 g/mol. The number of aryl methyl sites for hydroxylation is 1. The van der Waals surface area contributed by atoms with Crippen LogP contribution in [0.5, 0.6) is 0 Å². The Hall–Kier alpha value is -1.45. The van der Waals surface area contributed by atoms with Gasteiger partial charge in [-0.25, -0.2) is 0 Å². The Morgan fingerprint density at radius 1 is 1.09 bits per heavy atom. The first-order valence-corrected chi connectivity index (χ1v) is 8.28. The molecule has 1 aromatic heterocycles. The van der Waals surface area contributed by atoms with Crippen molar-refractivity contribution in [2.75, 3.05) is 11.9 Å². The fourth-order valence-electron chi connectivity index (χ4n) is 3.01. The summed E-state index contributed by atoms with van der Waals surface area (Å²) in [6.45, 7) is 10.6. The van der Waals surface area contributed by atoms with Crippen LogP contribution in [-0.2, 0) is 5.54 Å². The van der Waals surface area contributed by atoms with Gasteiger partial charge in [0.1, 0.15) is 0 Å². The largest absolute Gasteiger partial charge is 0.377 e. The van der Waals surface area contributed by atoms with Crippen LogP contribution in [0.4, 0.5) is 5.69 Å². The van der Waals surface area contributed by atoms with Crippen molar-refractivity contribution >= 4 is 34.7 Å². The van der Waals surface area contributed by atoms with E-state index < -0.39 is 0 Å². The van der Waals surface area contributed by atoms with Gasteiger partial charge < -0.3 is 9.88 Å². The molecule has 124 valence electrons. The highest BCUT2D eigenvalue weighted by atomic mass is 35.5. The number of Topliss-reactive ketones (excluding diaryl/α,β-unsaturated/α-hetero) is 1. The van der Waals surface area contributed by atoms with Crippen LogP contribution in [-0.4, -0.2) is 16.9 Å². The Morgan fingerprint density at radius 3 is 2.13 bits per heavy atom. The third-order valence-electron chi connectivity index (χ3n) is 3.72. The number of anilines is 1. The maximum absolute atomic E-state index is 12.6. The van der Waals surface area contributed by atoms with Crippen LogP contribution in [0.25, 0.3) is 0 Å². The van der Waals surface area contributed by atoms with E-state index in [1.165, 1.54) is 0 Å². The number of rotatable bonds is 4. The molecule has 1 aromatic carbocycles. The molecule has 5 heteroatoms. The number of ketones is 1. The molecule has 3 nitrogen and oxygen atoms in total. The Morgan fingerprint density at radius 2 is 1.65 bits per heavy atom. The molecule has 1 heterocycles. The molecule has 0 aliphatic carbocycles. The molecule has 2 aromatic rings. The number of carbonyl (C=O) groups excluding carboxylic acids is 1. The van der Waals surface area contributed by atoms with Crippen molar-refractivity contribution in [3.05, 3.63) is 51.3 Å². The third kappa shape index (κ3) is 4.10. The minimum absolute atomic E-state index is 0.0460. The fourth-order valence-corrected chi connectivity index (χ4v) is 3.54. The third-order valence-corrected chi connectivity index (χ3v) is 4.15. The van der Waals surface area contributed by atoms with E-state index in [4.69, 9.17) is 23.2 Å². The van der Waals surface area contributed by atoms with Crippen LogP contribution in [0.15, 0.2) is 24.3 Å². The Bertz CT molecular complexity index is 722. The topological polar surface area (TPSA) is 34.0 Å². The number of nitrogens with one attached hydrogen (secondary N) is 1. The number of carbonyl (C=O) groups is 1.